The Morgan fingerprint density at radius 3 is 2.52 bits per heavy atom. The van der Waals surface area contributed by atoms with Gasteiger partial charge in [-0.15, -0.1) is 0 Å². The SMILES string of the molecule is C=CCOc1ccc(C(=O)N/N=C/c2ccc(OC)cc2)cc1OC. The summed E-state index contributed by atoms with van der Waals surface area (Å²) in [6.07, 6.45) is 3.18. The van der Waals surface area contributed by atoms with Gasteiger partial charge >= 0.3 is 0 Å². The predicted octanol–water partition coefficient (Wildman–Crippen LogP) is 3.03. The lowest BCUT2D eigenvalue weighted by atomic mass is 10.2. The van der Waals surface area contributed by atoms with Crippen LogP contribution in [0.1, 0.15) is 15.9 Å². The zero-order chi connectivity index (χ0) is 18.1. The molecule has 0 bridgehead atoms. The smallest absolute Gasteiger partial charge is 0.271 e. The Balaban J connectivity index is 2.01. The molecule has 0 spiro atoms. The predicted molar refractivity (Wildman–Crippen MR) is 96.7 cm³/mol. The second-order valence-electron chi connectivity index (χ2n) is 4.94. The van der Waals surface area contributed by atoms with Crippen molar-refractivity contribution in [2.45, 2.75) is 0 Å². The average molecular weight is 340 g/mol. The number of benzene rings is 2. The monoisotopic (exact) mass is 340 g/mol. The Hall–Kier alpha value is -3.28. The first-order valence-corrected chi connectivity index (χ1v) is 7.57. The van der Waals surface area contributed by atoms with Crippen LogP contribution in [0.25, 0.3) is 0 Å². The standard InChI is InChI=1S/C19H20N2O4/c1-4-11-25-17-10-7-15(12-18(17)24-3)19(22)21-20-13-14-5-8-16(23-2)9-6-14/h4-10,12-13H,1,11H2,2-3H3,(H,21,22)/b20-13+. The van der Waals surface area contributed by atoms with E-state index in [0.717, 1.165) is 11.3 Å². The zero-order valence-electron chi connectivity index (χ0n) is 14.2. The fourth-order valence-corrected chi connectivity index (χ4v) is 2.00. The van der Waals surface area contributed by atoms with Gasteiger partial charge in [0.05, 0.1) is 20.4 Å². The maximum Gasteiger partial charge on any atom is 0.271 e. The Morgan fingerprint density at radius 1 is 1.12 bits per heavy atom. The molecule has 2 aromatic carbocycles. The van der Waals surface area contributed by atoms with Crippen molar-refractivity contribution in [3.63, 3.8) is 0 Å². The normalized spacial score (nSPS) is 10.3. The van der Waals surface area contributed by atoms with E-state index in [1.165, 1.54) is 7.11 Å². The number of rotatable bonds is 8. The molecule has 0 radical (unpaired) electrons. The highest BCUT2D eigenvalue weighted by molar-refractivity contribution is 5.95. The third kappa shape index (κ3) is 5.10. The molecule has 25 heavy (non-hydrogen) atoms. The molecule has 6 nitrogen and oxygen atoms in total. The topological polar surface area (TPSA) is 69.2 Å². The van der Waals surface area contributed by atoms with Crippen molar-refractivity contribution in [3.8, 4) is 17.2 Å². The number of hydrogen-bond acceptors (Lipinski definition) is 5. The summed E-state index contributed by atoms with van der Waals surface area (Å²) in [5.41, 5.74) is 3.73. The van der Waals surface area contributed by atoms with E-state index < -0.39 is 0 Å². The number of hydrogen-bond donors (Lipinski definition) is 1. The van der Waals surface area contributed by atoms with Crippen molar-refractivity contribution in [2.24, 2.45) is 5.10 Å². The van der Waals surface area contributed by atoms with E-state index in [1.807, 2.05) is 24.3 Å². The minimum Gasteiger partial charge on any atom is -0.497 e. The van der Waals surface area contributed by atoms with Crippen LogP contribution >= 0.6 is 0 Å². The number of carbonyl (C=O) groups excluding carboxylic acids is 1. The number of methoxy groups -OCH3 is 2. The van der Waals surface area contributed by atoms with E-state index in [-0.39, 0.29) is 5.91 Å². The number of carbonyl (C=O) groups is 1. The van der Waals surface area contributed by atoms with E-state index >= 15 is 0 Å². The highest BCUT2D eigenvalue weighted by atomic mass is 16.5. The van der Waals surface area contributed by atoms with Crippen molar-refractivity contribution < 1.29 is 19.0 Å². The molecule has 130 valence electrons. The van der Waals surface area contributed by atoms with Crippen molar-refractivity contribution in [1.82, 2.24) is 5.43 Å². The molecular formula is C19H20N2O4. The largest absolute Gasteiger partial charge is 0.497 e. The maximum atomic E-state index is 12.2. The quantitative estimate of drug-likeness (QED) is 0.456. The maximum absolute atomic E-state index is 12.2. The van der Waals surface area contributed by atoms with Crippen LogP contribution in [0.2, 0.25) is 0 Å². The minimum atomic E-state index is -0.349. The van der Waals surface area contributed by atoms with Gasteiger partial charge in [-0.3, -0.25) is 4.79 Å². The summed E-state index contributed by atoms with van der Waals surface area (Å²) in [7, 11) is 3.12. The Morgan fingerprint density at radius 2 is 1.88 bits per heavy atom. The third-order valence-corrected chi connectivity index (χ3v) is 3.28. The van der Waals surface area contributed by atoms with Gasteiger partial charge in [-0.05, 0) is 48.0 Å². The first-order chi connectivity index (χ1) is 12.2. The average Bonchev–Trinajstić information content (AvgIpc) is 2.66. The molecule has 0 aliphatic rings. The van der Waals surface area contributed by atoms with E-state index in [1.54, 1.807) is 37.6 Å². The van der Waals surface area contributed by atoms with Gasteiger partial charge in [0.2, 0.25) is 0 Å². The lowest BCUT2D eigenvalue weighted by molar-refractivity contribution is 0.0954. The highest BCUT2D eigenvalue weighted by Crippen LogP contribution is 2.28. The molecular weight excluding hydrogens is 320 g/mol. The minimum absolute atomic E-state index is 0.349. The van der Waals surface area contributed by atoms with Gasteiger partial charge in [0.15, 0.2) is 11.5 Å². The number of amides is 1. The third-order valence-electron chi connectivity index (χ3n) is 3.28. The molecule has 0 saturated carbocycles. The van der Waals surface area contributed by atoms with Gasteiger partial charge in [0.25, 0.3) is 5.91 Å². The molecule has 0 aliphatic heterocycles. The lowest BCUT2D eigenvalue weighted by Gasteiger charge is -2.10. The molecule has 0 heterocycles. The highest BCUT2D eigenvalue weighted by Gasteiger charge is 2.10. The lowest BCUT2D eigenvalue weighted by Crippen LogP contribution is -2.17. The Kier molecular flexibility index (Phi) is 6.59. The summed E-state index contributed by atoms with van der Waals surface area (Å²) in [5.74, 6) is 1.42. The number of ether oxygens (including phenoxy) is 3. The van der Waals surface area contributed by atoms with Crippen LogP contribution in [-0.4, -0.2) is 32.9 Å². The number of nitrogens with one attached hydrogen (secondary N) is 1. The van der Waals surface area contributed by atoms with Gasteiger partial charge in [0.1, 0.15) is 12.4 Å². The van der Waals surface area contributed by atoms with E-state index in [2.05, 4.69) is 17.1 Å². The Labute approximate surface area is 146 Å². The summed E-state index contributed by atoms with van der Waals surface area (Å²) in [6, 6.07) is 12.2. The molecule has 0 unspecified atom stereocenters. The van der Waals surface area contributed by atoms with Gasteiger partial charge in [-0.1, -0.05) is 12.7 Å². The van der Waals surface area contributed by atoms with Crippen molar-refractivity contribution >= 4 is 12.1 Å². The molecule has 6 heteroatoms. The number of hydrazone groups is 1. The van der Waals surface area contributed by atoms with Crippen LogP contribution in [0.15, 0.2) is 60.2 Å². The number of nitrogens with zero attached hydrogens (tertiary/aromatic N) is 1. The van der Waals surface area contributed by atoms with Crippen LogP contribution in [0, 0.1) is 0 Å². The molecule has 0 aromatic heterocycles. The second-order valence-corrected chi connectivity index (χ2v) is 4.94. The molecule has 0 aliphatic carbocycles. The van der Waals surface area contributed by atoms with E-state index in [0.29, 0.717) is 23.7 Å². The molecule has 0 saturated heterocycles. The van der Waals surface area contributed by atoms with Gasteiger partial charge in [0, 0.05) is 5.56 Å². The molecule has 2 aromatic rings. The summed E-state index contributed by atoms with van der Waals surface area (Å²) < 4.78 is 15.8. The second kappa shape index (κ2) is 9.12. The van der Waals surface area contributed by atoms with Crippen LogP contribution in [-0.2, 0) is 0 Å². The molecule has 0 atom stereocenters. The van der Waals surface area contributed by atoms with Gasteiger partial charge < -0.3 is 14.2 Å². The van der Waals surface area contributed by atoms with Crippen LogP contribution in [0.4, 0.5) is 0 Å². The Bertz CT molecular complexity index is 755. The fraction of sp³-hybridized carbons (Fsp3) is 0.158. The molecule has 2 rings (SSSR count). The summed E-state index contributed by atoms with van der Waals surface area (Å²) in [6.45, 7) is 3.95. The summed E-state index contributed by atoms with van der Waals surface area (Å²) in [4.78, 5) is 12.2. The summed E-state index contributed by atoms with van der Waals surface area (Å²) in [5, 5.41) is 3.95. The van der Waals surface area contributed by atoms with Crippen molar-refractivity contribution in [3.05, 3.63) is 66.2 Å². The van der Waals surface area contributed by atoms with Crippen LogP contribution in [0.5, 0.6) is 17.2 Å². The van der Waals surface area contributed by atoms with E-state index in [4.69, 9.17) is 14.2 Å². The zero-order valence-corrected chi connectivity index (χ0v) is 14.2. The molecule has 1 N–H and O–H groups in total. The van der Waals surface area contributed by atoms with Gasteiger partial charge in [-0.25, -0.2) is 5.43 Å². The van der Waals surface area contributed by atoms with Crippen LogP contribution < -0.4 is 19.6 Å². The van der Waals surface area contributed by atoms with Crippen molar-refractivity contribution in [2.75, 3.05) is 20.8 Å². The first-order valence-electron chi connectivity index (χ1n) is 7.57. The summed E-state index contributed by atoms with van der Waals surface area (Å²) >= 11 is 0. The van der Waals surface area contributed by atoms with Crippen LogP contribution in [0.3, 0.4) is 0 Å². The fourth-order valence-electron chi connectivity index (χ4n) is 2.00. The molecule has 1 amide bonds. The first kappa shape index (κ1) is 18.1. The van der Waals surface area contributed by atoms with E-state index in [9.17, 15) is 4.79 Å². The van der Waals surface area contributed by atoms with Crippen molar-refractivity contribution in [1.29, 1.82) is 0 Å². The molecule has 0 fully saturated rings. The van der Waals surface area contributed by atoms with Gasteiger partial charge in [-0.2, -0.15) is 5.10 Å².